The molecule has 0 saturated heterocycles. The van der Waals surface area contributed by atoms with Crippen molar-refractivity contribution in [2.24, 2.45) is 0 Å². The molecule has 0 fully saturated rings. The zero-order valence-corrected chi connectivity index (χ0v) is 10.0. The molecule has 0 aliphatic heterocycles. The third kappa shape index (κ3) is 2.09. The van der Waals surface area contributed by atoms with Crippen LogP contribution in [0.3, 0.4) is 0 Å². The van der Waals surface area contributed by atoms with Gasteiger partial charge in [0.2, 0.25) is 0 Å². The van der Waals surface area contributed by atoms with Gasteiger partial charge in [0.1, 0.15) is 5.69 Å². The van der Waals surface area contributed by atoms with E-state index in [1.54, 1.807) is 13.0 Å². The van der Waals surface area contributed by atoms with Crippen LogP contribution in [0.4, 0.5) is 0 Å². The number of hydrogen-bond acceptors (Lipinski definition) is 2. The van der Waals surface area contributed by atoms with E-state index >= 15 is 0 Å². The Kier molecular flexibility index (Phi) is 3.00. The van der Waals surface area contributed by atoms with Crippen molar-refractivity contribution < 1.29 is 9.53 Å². The molecule has 0 atom stereocenters. The van der Waals surface area contributed by atoms with Gasteiger partial charge in [0.25, 0.3) is 0 Å². The molecule has 1 heterocycles. The molecule has 0 saturated carbocycles. The largest absolute Gasteiger partial charge is 0.461 e. The number of aromatic nitrogens is 1. The summed E-state index contributed by atoms with van der Waals surface area (Å²) in [7, 11) is 0. The molecule has 0 bridgehead atoms. The first-order valence-corrected chi connectivity index (χ1v) is 5.58. The maximum Gasteiger partial charge on any atom is 0.354 e. The quantitative estimate of drug-likeness (QED) is 0.820. The molecule has 1 N–H and O–H groups in total. The average Bonchev–Trinajstić information content (AvgIpc) is 2.72. The summed E-state index contributed by atoms with van der Waals surface area (Å²) in [6.45, 7) is 8.04. The van der Waals surface area contributed by atoms with E-state index in [9.17, 15) is 4.79 Å². The minimum Gasteiger partial charge on any atom is -0.461 e. The van der Waals surface area contributed by atoms with Crippen molar-refractivity contribution in [2.75, 3.05) is 6.61 Å². The number of benzene rings is 1. The van der Waals surface area contributed by atoms with Gasteiger partial charge in [-0.3, -0.25) is 0 Å². The number of rotatable bonds is 3. The predicted molar refractivity (Wildman–Crippen MR) is 69.0 cm³/mol. The van der Waals surface area contributed by atoms with Gasteiger partial charge in [-0.2, -0.15) is 0 Å². The van der Waals surface area contributed by atoms with Crippen LogP contribution in [0.1, 0.15) is 29.9 Å². The Bertz CT molecular complexity index is 581. The van der Waals surface area contributed by atoms with Crippen LogP contribution in [0.5, 0.6) is 0 Å². The smallest absolute Gasteiger partial charge is 0.354 e. The molecule has 3 nitrogen and oxygen atoms in total. The summed E-state index contributed by atoms with van der Waals surface area (Å²) >= 11 is 0. The molecule has 0 aliphatic rings. The summed E-state index contributed by atoms with van der Waals surface area (Å²) in [5, 5.41) is 0.994. The number of para-hydroxylation sites is 1. The number of hydrogen-bond donors (Lipinski definition) is 1. The van der Waals surface area contributed by atoms with E-state index in [1.807, 2.05) is 25.1 Å². The topological polar surface area (TPSA) is 42.1 Å². The maximum absolute atomic E-state index is 11.6. The van der Waals surface area contributed by atoms with Gasteiger partial charge in [0, 0.05) is 10.9 Å². The highest BCUT2D eigenvalue weighted by Gasteiger charge is 2.12. The van der Waals surface area contributed by atoms with E-state index < -0.39 is 0 Å². The molecule has 17 heavy (non-hydrogen) atoms. The van der Waals surface area contributed by atoms with E-state index in [-0.39, 0.29) is 5.97 Å². The highest BCUT2D eigenvalue weighted by Crippen LogP contribution is 2.24. The SMILES string of the molecule is C=C(C)c1cccc2cc(C(=O)OCC)[nH]c12. The lowest BCUT2D eigenvalue weighted by Crippen LogP contribution is -2.04. The maximum atomic E-state index is 11.6. The van der Waals surface area contributed by atoms with Gasteiger partial charge >= 0.3 is 5.97 Å². The Balaban J connectivity index is 2.54. The van der Waals surface area contributed by atoms with Crippen LogP contribution in [0.15, 0.2) is 30.8 Å². The van der Waals surface area contributed by atoms with E-state index in [4.69, 9.17) is 4.74 Å². The van der Waals surface area contributed by atoms with Crippen LogP contribution in [0.2, 0.25) is 0 Å². The summed E-state index contributed by atoms with van der Waals surface area (Å²) in [4.78, 5) is 14.7. The third-order valence-electron chi connectivity index (χ3n) is 2.61. The van der Waals surface area contributed by atoms with Crippen molar-refractivity contribution in [3.8, 4) is 0 Å². The Hall–Kier alpha value is -2.03. The molecule has 1 aromatic heterocycles. The molecule has 0 amide bonds. The van der Waals surface area contributed by atoms with Crippen molar-refractivity contribution in [3.05, 3.63) is 42.1 Å². The second-order valence-corrected chi connectivity index (χ2v) is 3.95. The molecule has 0 aliphatic carbocycles. The highest BCUT2D eigenvalue weighted by atomic mass is 16.5. The highest BCUT2D eigenvalue weighted by molar-refractivity contribution is 5.98. The van der Waals surface area contributed by atoms with Crippen molar-refractivity contribution >= 4 is 22.4 Å². The molecule has 0 unspecified atom stereocenters. The van der Waals surface area contributed by atoms with E-state index in [2.05, 4.69) is 11.6 Å². The standard InChI is InChI=1S/C14H15NO2/c1-4-17-14(16)12-8-10-6-5-7-11(9(2)3)13(10)15-12/h5-8,15H,2,4H2,1,3H3. The number of H-pyrrole nitrogens is 1. The Morgan fingerprint density at radius 2 is 2.24 bits per heavy atom. The lowest BCUT2D eigenvalue weighted by molar-refractivity contribution is 0.0520. The van der Waals surface area contributed by atoms with Crippen molar-refractivity contribution in [3.63, 3.8) is 0 Å². The van der Waals surface area contributed by atoms with E-state index in [1.165, 1.54) is 0 Å². The number of fused-ring (bicyclic) bond motifs is 1. The fourth-order valence-corrected chi connectivity index (χ4v) is 1.83. The van der Waals surface area contributed by atoms with Crippen LogP contribution in [0.25, 0.3) is 16.5 Å². The summed E-state index contributed by atoms with van der Waals surface area (Å²) in [6.07, 6.45) is 0. The summed E-state index contributed by atoms with van der Waals surface area (Å²) in [5.74, 6) is -0.323. The number of aromatic amines is 1. The van der Waals surface area contributed by atoms with Gasteiger partial charge in [-0.15, -0.1) is 0 Å². The van der Waals surface area contributed by atoms with Crippen LogP contribution in [-0.4, -0.2) is 17.6 Å². The number of esters is 1. The van der Waals surface area contributed by atoms with Gasteiger partial charge in [0.05, 0.1) is 12.1 Å². The second-order valence-electron chi connectivity index (χ2n) is 3.95. The first-order valence-electron chi connectivity index (χ1n) is 5.58. The van der Waals surface area contributed by atoms with E-state index in [0.717, 1.165) is 22.0 Å². The van der Waals surface area contributed by atoms with Crippen LogP contribution >= 0.6 is 0 Å². The Labute approximate surface area is 100 Å². The van der Waals surface area contributed by atoms with Gasteiger partial charge in [-0.1, -0.05) is 24.8 Å². The number of allylic oxidation sites excluding steroid dienone is 1. The molecular weight excluding hydrogens is 214 g/mol. The molecule has 2 rings (SSSR count). The number of ether oxygens (including phenoxy) is 1. The molecule has 1 aromatic carbocycles. The zero-order chi connectivity index (χ0) is 12.4. The van der Waals surface area contributed by atoms with Gasteiger partial charge in [0.15, 0.2) is 0 Å². The number of nitrogens with one attached hydrogen (secondary N) is 1. The van der Waals surface area contributed by atoms with Gasteiger partial charge < -0.3 is 9.72 Å². The summed E-state index contributed by atoms with van der Waals surface area (Å²) in [5.41, 5.74) is 3.41. The number of carbonyl (C=O) groups is 1. The van der Waals surface area contributed by atoms with Crippen molar-refractivity contribution in [2.45, 2.75) is 13.8 Å². The number of carbonyl (C=O) groups excluding carboxylic acids is 1. The first-order chi connectivity index (χ1) is 8.13. The lowest BCUT2D eigenvalue weighted by Gasteiger charge is -2.01. The Morgan fingerprint density at radius 3 is 2.88 bits per heavy atom. The fourth-order valence-electron chi connectivity index (χ4n) is 1.83. The molecule has 0 radical (unpaired) electrons. The van der Waals surface area contributed by atoms with Crippen LogP contribution in [-0.2, 0) is 4.74 Å². The lowest BCUT2D eigenvalue weighted by atomic mass is 10.1. The van der Waals surface area contributed by atoms with Crippen LogP contribution < -0.4 is 0 Å². The minimum atomic E-state index is -0.323. The van der Waals surface area contributed by atoms with Gasteiger partial charge in [-0.25, -0.2) is 4.79 Å². The monoisotopic (exact) mass is 229 g/mol. The predicted octanol–water partition coefficient (Wildman–Crippen LogP) is 3.38. The zero-order valence-electron chi connectivity index (χ0n) is 10.0. The van der Waals surface area contributed by atoms with Gasteiger partial charge in [-0.05, 0) is 25.5 Å². The van der Waals surface area contributed by atoms with Crippen LogP contribution in [0, 0.1) is 0 Å². The van der Waals surface area contributed by atoms with E-state index in [0.29, 0.717) is 12.3 Å². The third-order valence-corrected chi connectivity index (χ3v) is 2.61. The summed E-state index contributed by atoms with van der Waals surface area (Å²) in [6, 6.07) is 7.70. The van der Waals surface area contributed by atoms with Crippen molar-refractivity contribution in [1.29, 1.82) is 0 Å². The average molecular weight is 229 g/mol. The molecule has 3 heteroatoms. The fraction of sp³-hybridized carbons (Fsp3) is 0.214. The van der Waals surface area contributed by atoms with Crippen molar-refractivity contribution in [1.82, 2.24) is 4.98 Å². The molecule has 2 aromatic rings. The Morgan fingerprint density at radius 1 is 1.47 bits per heavy atom. The molecular formula is C14H15NO2. The minimum absolute atomic E-state index is 0.323. The first kappa shape index (κ1) is 11.5. The molecule has 88 valence electrons. The molecule has 0 spiro atoms. The summed E-state index contributed by atoms with van der Waals surface area (Å²) < 4.78 is 4.97. The normalized spacial score (nSPS) is 10.5. The second kappa shape index (κ2) is 4.45.